The van der Waals surface area contributed by atoms with Crippen molar-refractivity contribution in [2.45, 2.75) is 44.2 Å². The smallest absolute Gasteiger partial charge is 0.155 e. The Morgan fingerprint density at radius 1 is 1.35 bits per heavy atom. The van der Waals surface area contributed by atoms with Crippen LogP contribution in [0.2, 0.25) is 5.15 Å². The Morgan fingerprint density at radius 2 is 2.24 bits per heavy atom. The van der Waals surface area contributed by atoms with Gasteiger partial charge in [-0.15, -0.1) is 5.10 Å². The van der Waals surface area contributed by atoms with Crippen molar-refractivity contribution in [2.75, 3.05) is 0 Å². The third-order valence-corrected chi connectivity index (χ3v) is 4.13. The van der Waals surface area contributed by atoms with E-state index >= 15 is 0 Å². The molecule has 4 atom stereocenters. The van der Waals surface area contributed by atoms with Gasteiger partial charge in [-0.3, -0.25) is 10.9 Å². The van der Waals surface area contributed by atoms with E-state index in [0.717, 1.165) is 25.1 Å². The lowest BCUT2D eigenvalue weighted by Gasteiger charge is -2.31. The van der Waals surface area contributed by atoms with Crippen LogP contribution < -0.4 is 10.9 Å². The first-order valence-corrected chi connectivity index (χ1v) is 6.48. The molecule has 6 heteroatoms. The summed E-state index contributed by atoms with van der Waals surface area (Å²) < 4.78 is 0. The van der Waals surface area contributed by atoms with Crippen LogP contribution in [0.3, 0.4) is 0 Å². The van der Waals surface area contributed by atoms with Gasteiger partial charge in [-0.05, 0) is 32.1 Å². The molecule has 4 unspecified atom stereocenters. The molecule has 92 valence electrons. The van der Waals surface area contributed by atoms with Gasteiger partial charge < -0.3 is 0 Å². The number of hydrazine groups is 1. The molecule has 0 radical (unpaired) electrons. The molecule has 2 fully saturated rings. The van der Waals surface area contributed by atoms with E-state index in [1.54, 1.807) is 0 Å². The van der Waals surface area contributed by atoms with E-state index in [0.29, 0.717) is 29.1 Å². The molecule has 1 aliphatic carbocycles. The molecule has 2 aliphatic rings. The molecule has 0 spiro atoms. The van der Waals surface area contributed by atoms with Crippen molar-refractivity contribution < 1.29 is 0 Å². The minimum absolute atomic E-state index is 0.395. The highest BCUT2D eigenvalue weighted by molar-refractivity contribution is 6.29. The fourth-order valence-corrected chi connectivity index (χ4v) is 3.12. The normalized spacial score (nSPS) is 36.8. The van der Waals surface area contributed by atoms with E-state index in [1.165, 1.54) is 6.20 Å². The van der Waals surface area contributed by atoms with Gasteiger partial charge in [-0.25, -0.2) is 4.98 Å². The Hall–Kier alpha value is -0.780. The van der Waals surface area contributed by atoms with Gasteiger partial charge >= 0.3 is 0 Å². The zero-order chi connectivity index (χ0) is 11.8. The molecule has 1 aromatic heterocycles. The molecule has 17 heavy (non-hydrogen) atoms. The highest BCUT2D eigenvalue weighted by atomic mass is 35.5. The molecule has 1 aromatic rings. The van der Waals surface area contributed by atoms with Crippen LogP contribution in [-0.4, -0.2) is 27.3 Å². The number of halogens is 1. The SMILES string of the molecule is CC1NNC2CCC(c3nncc(Cl)n3)CC12. The number of aromatic nitrogens is 3. The van der Waals surface area contributed by atoms with E-state index in [9.17, 15) is 0 Å². The highest BCUT2D eigenvalue weighted by Gasteiger charge is 2.39. The van der Waals surface area contributed by atoms with Gasteiger partial charge in [0.1, 0.15) is 0 Å². The van der Waals surface area contributed by atoms with Crippen molar-refractivity contribution in [3.8, 4) is 0 Å². The number of hydrogen-bond donors (Lipinski definition) is 2. The Morgan fingerprint density at radius 3 is 3.06 bits per heavy atom. The first kappa shape index (κ1) is 11.3. The summed E-state index contributed by atoms with van der Waals surface area (Å²) in [6.45, 7) is 2.22. The Balaban J connectivity index is 1.77. The number of fused-ring (bicyclic) bond motifs is 1. The van der Waals surface area contributed by atoms with Gasteiger partial charge in [-0.1, -0.05) is 11.6 Å². The lowest BCUT2D eigenvalue weighted by atomic mass is 9.76. The van der Waals surface area contributed by atoms with Crippen LogP contribution >= 0.6 is 11.6 Å². The van der Waals surface area contributed by atoms with Crippen molar-refractivity contribution in [3.05, 3.63) is 17.2 Å². The third-order valence-electron chi connectivity index (χ3n) is 3.95. The van der Waals surface area contributed by atoms with Gasteiger partial charge in [0.25, 0.3) is 0 Å². The quantitative estimate of drug-likeness (QED) is 0.789. The number of nitrogens with one attached hydrogen (secondary N) is 2. The van der Waals surface area contributed by atoms with Crippen molar-refractivity contribution in [2.24, 2.45) is 5.92 Å². The van der Waals surface area contributed by atoms with Crippen LogP contribution in [0.25, 0.3) is 0 Å². The molecule has 2 N–H and O–H groups in total. The van der Waals surface area contributed by atoms with Crippen molar-refractivity contribution >= 4 is 11.6 Å². The molecular weight excluding hydrogens is 238 g/mol. The van der Waals surface area contributed by atoms with E-state index in [2.05, 4.69) is 33.0 Å². The van der Waals surface area contributed by atoms with Gasteiger partial charge in [0, 0.05) is 18.0 Å². The topological polar surface area (TPSA) is 62.7 Å². The average molecular weight is 254 g/mol. The summed E-state index contributed by atoms with van der Waals surface area (Å²) in [6.07, 6.45) is 4.85. The molecule has 0 aromatic carbocycles. The predicted molar refractivity (Wildman–Crippen MR) is 64.4 cm³/mol. The first-order valence-electron chi connectivity index (χ1n) is 6.10. The number of nitrogens with zero attached hydrogens (tertiary/aromatic N) is 3. The fourth-order valence-electron chi connectivity index (χ4n) is 2.99. The van der Waals surface area contributed by atoms with Gasteiger partial charge in [-0.2, -0.15) is 5.10 Å². The first-order chi connectivity index (χ1) is 8.24. The van der Waals surface area contributed by atoms with Crippen LogP contribution in [0.5, 0.6) is 0 Å². The lowest BCUT2D eigenvalue weighted by Crippen LogP contribution is -2.35. The number of rotatable bonds is 1. The third kappa shape index (κ3) is 2.14. The van der Waals surface area contributed by atoms with Crippen LogP contribution in [-0.2, 0) is 0 Å². The molecule has 2 heterocycles. The van der Waals surface area contributed by atoms with Crippen LogP contribution in [0.15, 0.2) is 6.20 Å². The largest absolute Gasteiger partial charge is 0.254 e. The van der Waals surface area contributed by atoms with E-state index in [-0.39, 0.29) is 0 Å². The van der Waals surface area contributed by atoms with Crippen LogP contribution in [0.1, 0.15) is 37.9 Å². The maximum Gasteiger partial charge on any atom is 0.155 e. The summed E-state index contributed by atoms with van der Waals surface area (Å²) in [5.41, 5.74) is 6.67. The maximum absolute atomic E-state index is 5.87. The van der Waals surface area contributed by atoms with Crippen LogP contribution in [0.4, 0.5) is 0 Å². The van der Waals surface area contributed by atoms with Gasteiger partial charge in [0.15, 0.2) is 11.0 Å². The fraction of sp³-hybridized carbons (Fsp3) is 0.727. The van der Waals surface area contributed by atoms with Gasteiger partial charge in [0.2, 0.25) is 0 Å². The standard InChI is InChI=1S/C11H16ClN5/c1-6-8-4-7(2-3-9(8)16-15-6)11-14-10(12)5-13-17-11/h5-9,15-16H,2-4H2,1H3. The highest BCUT2D eigenvalue weighted by Crippen LogP contribution is 2.38. The summed E-state index contributed by atoms with van der Waals surface area (Å²) in [4.78, 5) is 4.29. The minimum atomic E-state index is 0.395. The zero-order valence-electron chi connectivity index (χ0n) is 9.73. The molecular formula is C11H16ClN5. The van der Waals surface area contributed by atoms with Crippen molar-refractivity contribution in [1.29, 1.82) is 0 Å². The monoisotopic (exact) mass is 253 g/mol. The summed E-state index contributed by atoms with van der Waals surface area (Å²) in [6, 6.07) is 1.10. The molecule has 1 saturated carbocycles. The second-order valence-electron chi connectivity index (χ2n) is 4.99. The predicted octanol–water partition coefficient (Wildman–Crippen LogP) is 1.27. The van der Waals surface area contributed by atoms with Gasteiger partial charge in [0.05, 0.1) is 6.20 Å². The molecule has 5 nitrogen and oxygen atoms in total. The zero-order valence-corrected chi connectivity index (χ0v) is 10.5. The van der Waals surface area contributed by atoms with Crippen molar-refractivity contribution in [3.63, 3.8) is 0 Å². The molecule has 1 aliphatic heterocycles. The molecule has 0 amide bonds. The maximum atomic E-state index is 5.87. The van der Waals surface area contributed by atoms with E-state index in [4.69, 9.17) is 11.6 Å². The second-order valence-corrected chi connectivity index (χ2v) is 5.38. The van der Waals surface area contributed by atoms with E-state index in [1.807, 2.05) is 0 Å². The lowest BCUT2D eigenvalue weighted by molar-refractivity contribution is 0.275. The summed E-state index contributed by atoms with van der Waals surface area (Å²) in [5.74, 6) is 1.85. The Bertz CT molecular complexity index is 413. The summed E-state index contributed by atoms with van der Waals surface area (Å²) in [5, 5.41) is 8.44. The Kier molecular flexibility index (Phi) is 2.98. The minimum Gasteiger partial charge on any atom is -0.254 e. The summed E-state index contributed by atoms with van der Waals surface area (Å²) >= 11 is 5.87. The average Bonchev–Trinajstić information content (AvgIpc) is 2.71. The number of hydrogen-bond acceptors (Lipinski definition) is 5. The summed E-state index contributed by atoms with van der Waals surface area (Å²) in [7, 11) is 0. The van der Waals surface area contributed by atoms with Crippen molar-refractivity contribution in [1.82, 2.24) is 26.0 Å². The molecule has 3 rings (SSSR count). The van der Waals surface area contributed by atoms with Crippen LogP contribution in [0, 0.1) is 5.92 Å². The molecule has 1 saturated heterocycles. The van der Waals surface area contributed by atoms with E-state index < -0.39 is 0 Å². The molecule has 0 bridgehead atoms. The second kappa shape index (κ2) is 4.48. The Labute approximate surface area is 105 Å².